The Labute approximate surface area is 161 Å². The van der Waals surface area contributed by atoms with Gasteiger partial charge in [0.2, 0.25) is 0 Å². The predicted octanol–water partition coefficient (Wildman–Crippen LogP) is 5.12. The highest BCUT2D eigenvalue weighted by Gasteiger charge is 2.29. The van der Waals surface area contributed by atoms with Crippen LogP contribution in [0.1, 0.15) is 0 Å². The molecule has 7 heteroatoms. The van der Waals surface area contributed by atoms with Gasteiger partial charge in [0, 0.05) is 10.6 Å². The molecule has 0 amide bonds. The summed E-state index contributed by atoms with van der Waals surface area (Å²) < 4.78 is 20.1. The minimum atomic E-state index is -2.92. The Balaban J connectivity index is 1.82. The fourth-order valence-corrected chi connectivity index (χ4v) is 5.36. The third-order valence-electron chi connectivity index (χ3n) is 4.34. The molecule has 1 unspecified atom stereocenters. The second-order valence-corrected chi connectivity index (χ2v) is 8.64. The molecule has 132 valence electrons. The van der Waals surface area contributed by atoms with Crippen molar-refractivity contribution in [1.82, 2.24) is 14.8 Å². The van der Waals surface area contributed by atoms with Crippen molar-refractivity contribution in [2.45, 2.75) is 9.79 Å². The second-order valence-electron chi connectivity index (χ2n) is 6.06. The third-order valence-corrected chi connectivity index (χ3v) is 6.83. The summed E-state index contributed by atoms with van der Waals surface area (Å²) in [6, 6.07) is 24.1. The number of hydrogen-bond donors (Lipinski definition) is 0. The summed E-state index contributed by atoms with van der Waals surface area (Å²) in [6.07, 6.45) is 0. The first-order valence-corrected chi connectivity index (χ1v) is 10.2. The monoisotopic (exact) mass is 392 g/mol. The lowest BCUT2D eigenvalue weighted by molar-refractivity contribution is 0.672. The summed E-state index contributed by atoms with van der Waals surface area (Å²) in [5.41, 5.74) is 1.55. The molecule has 0 aliphatic carbocycles. The van der Waals surface area contributed by atoms with Crippen LogP contribution in [0.15, 0.2) is 93.0 Å². The number of benzene rings is 3. The van der Waals surface area contributed by atoms with Crippen molar-refractivity contribution in [3.8, 4) is 17.1 Å². The normalized spacial score (nSPS) is 17.7. The summed E-state index contributed by atoms with van der Waals surface area (Å²) >= 11 is 6.21. The lowest BCUT2D eigenvalue weighted by atomic mass is 10.2. The van der Waals surface area contributed by atoms with Gasteiger partial charge in [0.15, 0.2) is 5.82 Å². The van der Waals surface area contributed by atoms with E-state index in [1.807, 2.05) is 54.6 Å². The van der Waals surface area contributed by atoms with E-state index < -0.39 is 9.73 Å². The minimum Gasteiger partial charge on any atom is -0.239 e. The van der Waals surface area contributed by atoms with E-state index in [1.54, 1.807) is 28.9 Å². The van der Waals surface area contributed by atoms with E-state index in [4.69, 9.17) is 11.6 Å². The lowest BCUT2D eigenvalue weighted by Crippen LogP contribution is -2.13. The first-order chi connectivity index (χ1) is 13.1. The summed E-state index contributed by atoms with van der Waals surface area (Å²) in [6.45, 7) is 0. The van der Waals surface area contributed by atoms with Crippen molar-refractivity contribution in [3.63, 3.8) is 0 Å². The predicted molar refractivity (Wildman–Crippen MR) is 105 cm³/mol. The molecule has 3 aromatic carbocycles. The van der Waals surface area contributed by atoms with Crippen molar-refractivity contribution < 1.29 is 4.21 Å². The molecule has 27 heavy (non-hydrogen) atoms. The van der Waals surface area contributed by atoms with E-state index >= 15 is 0 Å². The zero-order valence-corrected chi connectivity index (χ0v) is 15.6. The molecular formula is C20H13ClN4OS. The Kier molecular flexibility index (Phi) is 3.63. The molecule has 4 aromatic rings. The van der Waals surface area contributed by atoms with Crippen LogP contribution >= 0.6 is 11.6 Å². The van der Waals surface area contributed by atoms with Crippen LogP contribution in [0.25, 0.3) is 17.1 Å². The molecule has 0 radical (unpaired) electrons. The first-order valence-electron chi connectivity index (χ1n) is 8.30. The molecule has 1 aliphatic heterocycles. The molecule has 0 saturated carbocycles. The molecule has 0 saturated heterocycles. The summed E-state index contributed by atoms with van der Waals surface area (Å²) in [4.78, 5) is 5.69. The van der Waals surface area contributed by atoms with Crippen molar-refractivity contribution in [2.75, 3.05) is 0 Å². The Hall–Kier alpha value is -2.96. The van der Waals surface area contributed by atoms with Crippen molar-refractivity contribution in [1.29, 1.82) is 0 Å². The van der Waals surface area contributed by atoms with Gasteiger partial charge in [-0.15, -0.1) is 5.10 Å². The van der Waals surface area contributed by atoms with E-state index in [2.05, 4.69) is 14.4 Å². The summed E-state index contributed by atoms with van der Waals surface area (Å²) in [5.74, 6) is 0.851. The molecule has 0 bridgehead atoms. The van der Waals surface area contributed by atoms with Gasteiger partial charge in [-0.25, -0.2) is 4.21 Å². The van der Waals surface area contributed by atoms with Crippen LogP contribution in [0.4, 0.5) is 5.95 Å². The zero-order chi connectivity index (χ0) is 18.4. The van der Waals surface area contributed by atoms with Crippen molar-refractivity contribution >= 4 is 27.3 Å². The van der Waals surface area contributed by atoms with Crippen LogP contribution in [0.2, 0.25) is 5.02 Å². The second kappa shape index (κ2) is 6.04. The van der Waals surface area contributed by atoms with Crippen LogP contribution in [0.5, 0.6) is 0 Å². The number of hydrogen-bond acceptors (Lipinski definition) is 4. The Morgan fingerprint density at radius 3 is 2.33 bits per heavy atom. The third kappa shape index (κ3) is 2.57. The molecule has 0 N–H and O–H groups in total. The number of rotatable bonds is 2. The maximum Gasteiger partial charge on any atom is 0.262 e. The largest absolute Gasteiger partial charge is 0.262 e. The molecule has 5 nitrogen and oxygen atoms in total. The molecule has 1 atom stereocenters. The maximum absolute atomic E-state index is 14.0. The summed E-state index contributed by atoms with van der Waals surface area (Å²) in [5, 5.41) is 5.09. The van der Waals surface area contributed by atoms with E-state index in [-0.39, 0.29) is 0 Å². The summed E-state index contributed by atoms with van der Waals surface area (Å²) in [7, 11) is -2.92. The van der Waals surface area contributed by atoms with Crippen molar-refractivity contribution in [3.05, 3.63) is 83.9 Å². The van der Waals surface area contributed by atoms with Crippen LogP contribution in [0, 0.1) is 0 Å². The molecule has 0 fully saturated rings. The SMILES string of the molecule is O=S1(c2ccccc2)=Nc2nc(-c3ccccc3)nn2-c2ccc(Cl)cc21. The van der Waals surface area contributed by atoms with Gasteiger partial charge in [0.1, 0.15) is 9.73 Å². The minimum absolute atomic E-state index is 0.317. The lowest BCUT2D eigenvalue weighted by Gasteiger charge is -2.19. The highest BCUT2D eigenvalue weighted by Crippen LogP contribution is 2.38. The Morgan fingerprint density at radius 2 is 1.59 bits per heavy atom. The fourth-order valence-electron chi connectivity index (χ4n) is 3.07. The number of nitrogens with zero attached hydrogens (tertiary/aromatic N) is 4. The van der Waals surface area contributed by atoms with Crippen LogP contribution < -0.4 is 0 Å². The fraction of sp³-hybridized carbons (Fsp3) is 0. The van der Waals surface area contributed by atoms with Crippen LogP contribution in [-0.4, -0.2) is 19.0 Å². The molecule has 0 spiro atoms. The van der Waals surface area contributed by atoms with Gasteiger partial charge in [0.05, 0.1) is 15.5 Å². The van der Waals surface area contributed by atoms with Crippen molar-refractivity contribution in [2.24, 2.45) is 4.36 Å². The Bertz CT molecular complexity index is 1280. The van der Waals surface area contributed by atoms with Gasteiger partial charge in [-0.1, -0.05) is 60.1 Å². The van der Waals surface area contributed by atoms with E-state index in [1.165, 1.54) is 0 Å². The number of fused-ring (bicyclic) bond motifs is 3. The smallest absolute Gasteiger partial charge is 0.239 e. The van der Waals surface area contributed by atoms with Gasteiger partial charge >= 0.3 is 0 Å². The zero-order valence-electron chi connectivity index (χ0n) is 14.0. The number of aromatic nitrogens is 3. The molecule has 2 heterocycles. The maximum atomic E-state index is 14.0. The highest BCUT2D eigenvalue weighted by atomic mass is 35.5. The average molecular weight is 393 g/mol. The van der Waals surface area contributed by atoms with Gasteiger partial charge in [-0.05, 0) is 30.3 Å². The number of halogens is 1. The van der Waals surface area contributed by atoms with Gasteiger partial charge in [0.25, 0.3) is 5.95 Å². The Morgan fingerprint density at radius 1 is 0.889 bits per heavy atom. The first kappa shape index (κ1) is 16.2. The standard InChI is InChI=1S/C20H13ClN4OS/c21-15-11-12-17-18(13-15)27(26,16-9-5-2-6-10-16)24-20-22-19(23-25(17)20)14-7-3-1-4-8-14/h1-13H. The highest BCUT2D eigenvalue weighted by molar-refractivity contribution is 7.94. The average Bonchev–Trinajstić information content (AvgIpc) is 3.13. The van der Waals surface area contributed by atoms with Gasteiger partial charge in [-0.3, -0.25) is 0 Å². The van der Waals surface area contributed by atoms with Crippen LogP contribution in [-0.2, 0) is 9.73 Å². The van der Waals surface area contributed by atoms with Crippen LogP contribution in [0.3, 0.4) is 0 Å². The van der Waals surface area contributed by atoms with E-state index in [0.717, 1.165) is 5.56 Å². The quantitative estimate of drug-likeness (QED) is 0.419. The molecular weight excluding hydrogens is 380 g/mol. The topological polar surface area (TPSA) is 60.1 Å². The molecule has 5 rings (SSSR count). The van der Waals surface area contributed by atoms with E-state index in [0.29, 0.717) is 32.3 Å². The van der Waals surface area contributed by atoms with E-state index in [9.17, 15) is 4.21 Å². The molecule has 1 aliphatic rings. The van der Waals surface area contributed by atoms with Gasteiger partial charge in [-0.2, -0.15) is 14.0 Å². The molecule has 1 aromatic heterocycles. The van der Waals surface area contributed by atoms with Gasteiger partial charge < -0.3 is 0 Å².